The summed E-state index contributed by atoms with van der Waals surface area (Å²) < 4.78 is 5.66. The van der Waals surface area contributed by atoms with Crippen molar-refractivity contribution in [3.63, 3.8) is 0 Å². The molecule has 2 aromatic heterocycles. The van der Waals surface area contributed by atoms with E-state index in [1.807, 2.05) is 0 Å². The summed E-state index contributed by atoms with van der Waals surface area (Å²) in [6.45, 7) is 0.182. The maximum atomic E-state index is 13.0. The Morgan fingerprint density at radius 1 is 1.38 bits per heavy atom. The Morgan fingerprint density at radius 3 is 2.70 bits per heavy atom. The van der Waals surface area contributed by atoms with Crippen molar-refractivity contribution in [2.75, 3.05) is 23.7 Å². The fourth-order valence-electron chi connectivity index (χ4n) is 3.62. The zero-order valence-electron chi connectivity index (χ0n) is 19.2. The highest BCUT2D eigenvalue weighted by atomic mass is 32.2. The molecule has 14 nitrogen and oxygen atoms in total. The molecule has 2 aromatic rings. The Hall–Kier alpha value is -3.70. The molecule has 0 saturated carbocycles. The molecule has 37 heavy (non-hydrogen) atoms. The van der Waals surface area contributed by atoms with Crippen molar-refractivity contribution in [1.29, 1.82) is 0 Å². The van der Waals surface area contributed by atoms with Gasteiger partial charge in [-0.3, -0.25) is 19.3 Å². The molecule has 1 fully saturated rings. The lowest BCUT2D eigenvalue weighted by Gasteiger charge is -2.49. The lowest BCUT2D eigenvalue weighted by atomic mass is 10.0. The minimum atomic E-state index is -1.26. The first-order chi connectivity index (χ1) is 17.7. The highest BCUT2D eigenvalue weighted by molar-refractivity contribution is 8.00. The Bertz CT molecular complexity index is 1310. The van der Waals surface area contributed by atoms with Crippen molar-refractivity contribution in [3.05, 3.63) is 47.2 Å². The average Bonchev–Trinajstić information content (AvgIpc) is 3.30. The third-order valence-corrected chi connectivity index (χ3v) is 7.50. The normalized spacial score (nSPS) is 19.2. The highest BCUT2D eigenvalue weighted by Crippen LogP contribution is 2.40. The second-order valence-electron chi connectivity index (χ2n) is 7.67. The molecule has 4 rings (SSSR count). The molecule has 6 N–H and O–H groups in total. The SMILES string of the molecule is CSCO/N=C(\C(=O)NC1C(=O)N2C(C(=O)O)=C(C[n+]3ccc(C(N)=O)cc3)CS[C@H]12)c1nsc(N)n1. The van der Waals surface area contributed by atoms with Crippen LogP contribution in [0.4, 0.5) is 5.13 Å². The number of hydrogen-bond acceptors (Lipinski definition) is 12. The van der Waals surface area contributed by atoms with E-state index >= 15 is 0 Å². The van der Waals surface area contributed by atoms with E-state index in [0.29, 0.717) is 16.9 Å². The van der Waals surface area contributed by atoms with Gasteiger partial charge >= 0.3 is 5.97 Å². The second kappa shape index (κ2) is 11.1. The zero-order chi connectivity index (χ0) is 26.7. The first kappa shape index (κ1) is 26.4. The van der Waals surface area contributed by atoms with Crippen LogP contribution < -0.4 is 21.4 Å². The van der Waals surface area contributed by atoms with Crippen molar-refractivity contribution >= 4 is 69.6 Å². The molecule has 0 aromatic carbocycles. The van der Waals surface area contributed by atoms with Crippen LogP contribution in [-0.2, 0) is 25.8 Å². The predicted octanol–water partition coefficient (Wildman–Crippen LogP) is -1.01. The molecule has 2 atom stereocenters. The standard InChI is InChI=1S/C20H20N8O6S3/c1-35-8-34-25-11(15-24-20(22)37-26-15)16(30)23-12-17(31)28-13(19(32)33)10(7-36-18(12)28)6-27-4-2-9(3-5-27)14(21)29/h2-5,12,18H,6-8H2,1H3,(H5-,21,22,23,24,26,29,30,32,33)/p+1/b25-11-/t12?,18-/m1/s1. The number of nitrogens with one attached hydrogen (secondary N) is 1. The predicted molar refractivity (Wildman–Crippen MR) is 135 cm³/mol. The smallest absolute Gasteiger partial charge is 0.352 e. The van der Waals surface area contributed by atoms with E-state index in [-0.39, 0.29) is 34.8 Å². The number of aromatic nitrogens is 3. The molecular weight excluding hydrogens is 544 g/mol. The Kier molecular flexibility index (Phi) is 7.94. The van der Waals surface area contributed by atoms with Crippen LogP contribution in [0.2, 0.25) is 0 Å². The number of anilines is 1. The summed E-state index contributed by atoms with van der Waals surface area (Å²) in [5.74, 6) is -2.75. The van der Waals surface area contributed by atoms with Crippen molar-refractivity contribution in [2.45, 2.75) is 18.0 Å². The van der Waals surface area contributed by atoms with Gasteiger partial charge < -0.3 is 26.7 Å². The quantitative estimate of drug-likeness (QED) is 0.0685. The number of pyridine rings is 1. The van der Waals surface area contributed by atoms with Gasteiger partial charge in [-0.1, -0.05) is 5.16 Å². The van der Waals surface area contributed by atoms with Gasteiger partial charge in [0.2, 0.25) is 17.4 Å². The number of primary amides is 1. The van der Waals surface area contributed by atoms with Gasteiger partial charge in [-0.15, -0.1) is 23.5 Å². The summed E-state index contributed by atoms with van der Waals surface area (Å²) in [5.41, 5.74) is 11.3. The summed E-state index contributed by atoms with van der Waals surface area (Å²) in [7, 11) is 0. The maximum Gasteiger partial charge on any atom is 0.352 e. The molecule has 1 unspecified atom stereocenters. The monoisotopic (exact) mass is 565 g/mol. The molecule has 0 bridgehead atoms. The van der Waals surface area contributed by atoms with Gasteiger partial charge in [0.05, 0.1) is 5.56 Å². The number of rotatable bonds is 10. The maximum absolute atomic E-state index is 13.0. The number of nitrogens with zero attached hydrogens (tertiary/aromatic N) is 5. The molecule has 3 amide bonds. The van der Waals surface area contributed by atoms with Crippen molar-refractivity contribution in [1.82, 2.24) is 19.6 Å². The molecule has 0 radical (unpaired) electrons. The number of carbonyl (C=O) groups excluding carboxylic acids is 3. The minimum absolute atomic E-state index is 0.0474. The summed E-state index contributed by atoms with van der Waals surface area (Å²) in [6, 6.07) is 2.06. The lowest BCUT2D eigenvalue weighted by molar-refractivity contribution is -0.689. The summed E-state index contributed by atoms with van der Waals surface area (Å²) in [5, 5.41) is 15.8. The zero-order valence-corrected chi connectivity index (χ0v) is 21.6. The molecule has 17 heteroatoms. The van der Waals surface area contributed by atoms with Crippen molar-refractivity contribution in [3.8, 4) is 0 Å². The molecular formula is C20H21N8O6S3+. The van der Waals surface area contributed by atoms with Crippen LogP contribution in [0.1, 0.15) is 16.2 Å². The van der Waals surface area contributed by atoms with Crippen LogP contribution in [-0.4, -0.2) is 78.1 Å². The first-order valence-corrected chi connectivity index (χ1v) is 13.7. The Balaban J connectivity index is 1.51. The molecule has 2 aliphatic rings. The number of carboxylic acids is 1. The third kappa shape index (κ3) is 5.52. The number of aliphatic carboxylic acids is 1. The van der Waals surface area contributed by atoms with Gasteiger partial charge in [0.25, 0.3) is 11.8 Å². The number of oxime groups is 1. The fraction of sp³-hybridized carbons (Fsp3) is 0.300. The first-order valence-electron chi connectivity index (χ1n) is 10.5. The van der Waals surface area contributed by atoms with Crippen molar-refractivity contribution in [2.24, 2.45) is 10.9 Å². The van der Waals surface area contributed by atoms with Crippen LogP contribution in [0.5, 0.6) is 0 Å². The average molecular weight is 566 g/mol. The number of nitrogen functional groups attached to an aromatic ring is 1. The highest BCUT2D eigenvalue weighted by Gasteiger charge is 2.54. The Morgan fingerprint density at radius 2 is 2.11 bits per heavy atom. The van der Waals surface area contributed by atoms with E-state index in [1.165, 1.54) is 35.7 Å². The van der Waals surface area contributed by atoms with Crippen LogP contribution in [0.3, 0.4) is 0 Å². The molecule has 194 valence electrons. The largest absolute Gasteiger partial charge is 0.477 e. The second-order valence-corrected chi connectivity index (χ2v) is 10.4. The van der Waals surface area contributed by atoms with Gasteiger partial charge in [-0.25, -0.2) is 9.36 Å². The number of thioether (sulfide) groups is 2. The van der Waals surface area contributed by atoms with Crippen molar-refractivity contribution < 1.29 is 33.7 Å². The van der Waals surface area contributed by atoms with Crippen LogP contribution in [0, 0.1) is 0 Å². The van der Waals surface area contributed by atoms with Gasteiger partial charge in [0, 0.05) is 35.0 Å². The van der Waals surface area contributed by atoms with Crippen LogP contribution in [0.25, 0.3) is 0 Å². The lowest BCUT2D eigenvalue weighted by Crippen LogP contribution is -2.71. The molecule has 0 spiro atoms. The minimum Gasteiger partial charge on any atom is -0.477 e. The van der Waals surface area contributed by atoms with E-state index in [1.54, 1.807) is 23.2 Å². The van der Waals surface area contributed by atoms with E-state index in [2.05, 4.69) is 19.8 Å². The summed E-state index contributed by atoms with van der Waals surface area (Å²) in [4.78, 5) is 59.6. The van der Waals surface area contributed by atoms with Gasteiger partial charge in [0.1, 0.15) is 17.1 Å². The van der Waals surface area contributed by atoms with E-state index in [9.17, 15) is 24.3 Å². The molecule has 2 aliphatic heterocycles. The Labute approximate surface area is 222 Å². The van der Waals surface area contributed by atoms with Gasteiger partial charge in [0.15, 0.2) is 30.0 Å². The number of β-lactam (4-membered cyclic amide) rings is 1. The molecule has 0 aliphatic carbocycles. The topological polar surface area (TPSA) is 207 Å². The van der Waals surface area contributed by atoms with E-state index in [4.69, 9.17) is 16.3 Å². The number of hydrogen-bond donors (Lipinski definition) is 4. The van der Waals surface area contributed by atoms with E-state index in [0.717, 1.165) is 16.4 Å². The molecule has 4 heterocycles. The van der Waals surface area contributed by atoms with Gasteiger partial charge in [-0.05, 0) is 6.26 Å². The fourth-order valence-corrected chi connectivity index (χ4v) is 5.55. The third-order valence-electron chi connectivity index (χ3n) is 5.28. The number of nitrogens with two attached hydrogens (primary N) is 2. The summed E-state index contributed by atoms with van der Waals surface area (Å²) in [6.07, 6.45) is 4.99. The summed E-state index contributed by atoms with van der Waals surface area (Å²) >= 11 is 3.52. The number of amides is 3. The van der Waals surface area contributed by atoms with Crippen LogP contribution in [0.15, 0.2) is 41.0 Å². The van der Waals surface area contributed by atoms with Crippen LogP contribution >= 0.6 is 35.1 Å². The van der Waals surface area contributed by atoms with Gasteiger partial charge in [-0.2, -0.15) is 9.36 Å². The number of carboxylic acid groups (broad SMARTS) is 1. The number of carbonyl (C=O) groups is 4. The van der Waals surface area contributed by atoms with E-state index < -0.39 is 35.1 Å². The number of fused-ring (bicyclic) bond motifs is 1. The molecule has 1 saturated heterocycles.